The first-order valence-corrected chi connectivity index (χ1v) is 6.41. The molecular formula is C12H19N5O2. The van der Waals surface area contributed by atoms with Crippen LogP contribution in [-0.4, -0.2) is 65.0 Å². The lowest BCUT2D eigenvalue weighted by Crippen LogP contribution is -2.44. The summed E-state index contributed by atoms with van der Waals surface area (Å²) in [5.41, 5.74) is 0.876. The van der Waals surface area contributed by atoms with Gasteiger partial charge in [0.1, 0.15) is 0 Å². The Morgan fingerprint density at radius 1 is 1.42 bits per heavy atom. The Labute approximate surface area is 111 Å². The molecule has 7 nitrogen and oxygen atoms in total. The fourth-order valence-corrected chi connectivity index (χ4v) is 2.06. The predicted octanol–water partition coefficient (Wildman–Crippen LogP) is -0.810. The van der Waals surface area contributed by atoms with Crippen molar-refractivity contribution in [3.63, 3.8) is 0 Å². The zero-order valence-electron chi connectivity index (χ0n) is 11.1. The number of hydrogen-bond acceptors (Lipinski definition) is 4. The molecule has 2 N–H and O–H groups in total. The number of hydrogen-bond donors (Lipinski definition) is 2. The second kappa shape index (κ2) is 6.33. The predicted molar refractivity (Wildman–Crippen MR) is 69.1 cm³/mol. The van der Waals surface area contributed by atoms with Gasteiger partial charge in [-0.15, -0.1) is 0 Å². The standard InChI is InChI=1S/C12H19N5O2/c1-16(9-10-7-14-15-8-10)11(18)12(19)17-5-2-3-13-4-6-17/h7-8,13H,2-6,9H2,1H3,(H,14,15). The van der Waals surface area contributed by atoms with Crippen LogP contribution in [0.15, 0.2) is 12.4 Å². The van der Waals surface area contributed by atoms with Crippen LogP contribution in [0.25, 0.3) is 0 Å². The average molecular weight is 265 g/mol. The van der Waals surface area contributed by atoms with E-state index >= 15 is 0 Å². The summed E-state index contributed by atoms with van der Waals surface area (Å²) in [5.74, 6) is -0.891. The van der Waals surface area contributed by atoms with Gasteiger partial charge in [0.15, 0.2) is 0 Å². The van der Waals surface area contributed by atoms with Crippen LogP contribution in [0.4, 0.5) is 0 Å². The first-order valence-electron chi connectivity index (χ1n) is 6.41. The number of nitrogens with zero attached hydrogens (tertiary/aromatic N) is 3. The lowest BCUT2D eigenvalue weighted by molar-refractivity contribution is -0.151. The number of likely N-dealkylation sites (N-methyl/N-ethyl adjacent to an activating group) is 1. The number of amides is 2. The zero-order valence-corrected chi connectivity index (χ0v) is 11.1. The van der Waals surface area contributed by atoms with Crippen LogP contribution < -0.4 is 5.32 Å². The third-order valence-electron chi connectivity index (χ3n) is 3.13. The van der Waals surface area contributed by atoms with Crippen molar-refractivity contribution >= 4 is 11.8 Å². The van der Waals surface area contributed by atoms with E-state index in [4.69, 9.17) is 0 Å². The van der Waals surface area contributed by atoms with Crippen LogP contribution in [0.2, 0.25) is 0 Å². The number of rotatable bonds is 2. The quantitative estimate of drug-likeness (QED) is 0.685. The summed E-state index contributed by atoms with van der Waals surface area (Å²) in [6, 6.07) is 0. The van der Waals surface area contributed by atoms with Crippen LogP contribution >= 0.6 is 0 Å². The van der Waals surface area contributed by atoms with Crippen LogP contribution in [0, 0.1) is 0 Å². The van der Waals surface area contributed by atoms with E-state index in [1.807, 2.05) is 0 Å². The second-order valence-corrected chi connectivity index (χ2v) is 4.66. The van der Waals surface area contributed by atoms with E-state index in [0.29, 0.717) is 19.6 Å². The summed E-state index contributed by atoms with van der Waals surface area (Å²) in [4.78, 5) is 27.2. The van der Waals surface area contributed by atoms with E-state index in [0.717, 1.165) is 25.1 Å². The molecule has 0 saturated carbocycles. The molecule has 0 unspecified atom stereocenters. The van der Waals surface area contributed by atoms with Crippen LogP contribution in [0.5, 0.6) is 0 Å². The lowest BCUT2D eigenvalue weighted by atomic mass is 10.3. The summed E-state index contributed by atoms with van der Waals surface area (Å²) < 4.78 is 0. The molecule has 0 bridgehead atoms. The van der Waals surface area contributed by atoms with Crippen LogP contribution in [0.3, 0.4) is 0 Å². The Hall–Kier alpha value is -1.89. The van der Waals surface area contributed by atoms with Crippen molar-refractivity contribution < 1.29 is 9.59 Å². The van der Waals surface area contributed by atoms with Gasteiger partial charge in [-0.3, -0.25) is 14.7 Å². The molecular weight excluding hydrogens is 246 g/mol. The zero-order chi connectivity index (χ0) is 13.7. The van der Waals surface area contributed by atoms with E-state index in [1.165, 1.54) is 4.90 Å². The number of carbonyl (C=O) groups excluding carboxylic acids is 2. The monoisotopic (exact) mass is 265 g/mol. The van der Waals surface area contributed by atoms with E-state index < -0.39 is 11.8 Å². The van der Waals surface area contributed by atoms with Gasteiger partial charge in [-0.1, -0.05) is 0 Å². The highest BCUT2D eigenvalue weighted by Gasteiger charge is 2.25. The molecule has 0 atom stereocenters. The molecule has 2 heterocycles. The largest absolute Gasteiger partial charge is 0.333 e. The molecule has 0 radical (unpaired) electrons. The third kappa shape index (κ3) is 3.54. The van der Waals surface area contributed by atoms with E-state index in [1.54, 1.807) is 24.3 Å². The molecule has 1 aromatic heterocycles. The summed E-state index contributed by atoms with van der Waals surface area (Å²) >= 11 is 0. The van der Waals surface area contributed by atoms with Gasteiger partial charge in [0, 0.05) is 45.0 Å². The molecule has 1 fully saturated rings. The van der Waals surface area contributed by atoms with Gasteiger partial charge < -0.3 is 15.1 Å². The van der Waals surface area contributed by atoms with Crippen molar-refractivity contribution in [2.75, 3.05) is 33.2 Å². The molecule has 7 heteroatoms. The van der Waals surface area contributed by atoms with Crippen molar-refractivity contribution in [2.24, 2.45) is 0 Å². The highest BCUT2D eigenvalue weighted by atomic mass is 16.2. The van der Waals surface area contributed by atoms with Gasteiger partial charge in [0.25, 0.3) is 0 Å². The van der Waals surface area contributed by atoms with Crippen LogP contribution in [0.1, 0.15) is 12.0 Å². The SMILES string of the molecule is CN(Cc1cn[nH]c1)C(=O)C(=O)N1CCCNCC1. The minimum Gasteiger partial charge on any atom is -0.333 e. The smallest absolute Gasteiger partial charge is 0.312 e. The van der Waals surface area contributed by atoms with Gasteiger partial charge in [-0.25, -0.2) is 0 Å². The maximum atomic E-state index is 12.1. The van der Waals surface area contributed by atoms with Crippen molar-refractivity contribution in [3.05, 3.63) is 18.0 Å². The number of aromatic nitrogens is 2. The molecule has 1 aliphatic rings. The maximum absolute atomic E-state index is 12.1. The Morgan fingerprint density at radius 3 is 3.00 bits per heavy atom. The number of carbonyl (C=O) groups is 2. The molecule has 0 aliphatic carbocycles. The van der Waals surface area contributed by atoms with Crippen LogP contribution in [-0.2, 0) is 16.1 Å². The Bertz CT molecular complexity index is 423. The van der Waals surface area contributed by atoms with Gasteiger partial charge in [-0.05, 0) is 13.0 Å². The van der Waals surface area contributed by atoms with Crippen molar-refractivity contribution in [1.82, 2.24) is 25.3 Å². The highest BCUT2D eigenvalue weighted by molar-refractivity contribution is 6.34. The third-order valence-corrected chi connectivity index (χ3v) is 3.13. The van der Waals surface area contributed by atoms with Gasteiger partial charge in [-0.2, -0.15) is 5.10 Å². The molecule has 2 rings (SSSR count). The normalized spacial score (nSPS) is 15.9. The first-order chi connectivity index (χ1) is 9.18. The molecule has 2 amide bonds. The van der Waals surface area contributed by atoms with E-state index in [-0.39, 0.29) is 0 Å². The molecule has 0 spiro atoms. The first kappa shape index (κ1) is 13.5. The fourth-order valence-electron chi connectivity index (χ4n) is 2.06. The maximum Gasteiger partial charge on any atom is 0.312 e. The molecule has 1 aliphatic heterocycles. The summed E-state index contributed by atoms with van der Waals surface area (Å²) in [7, 11) is 1.63. The summed E-state index contributed by atoms with van der Waals surface area (Å²) in [6.45, 7) is 3.24. The summed E-state index contributed by atoms with van der Waals surface area (Å²) in [5, 5.41) is 9.70. The minimum atomic E-state index is -0.469. The second-order valence-electron chi connectivity index (χ2n) is 4.66. The van der Waals surface area contributed by atoms with Crippen molar-refractivity contribution in [3.8, 4) is 0 Å². The van der Waals surface area contributed by atoms with Gasteiger partial charge in [0.05, 0.1) is 6.20 Å². The van der Waals surface area contributed by atoms with E-state index in [2.05, 4.69) is 15.5 Å². The lowest BCUT2D eigenvalue weighted by Gasteiger charge is -2.22. The molecule has 104 valence electrons. The topological polar surface area (TPSA) is 81.3 Å². The molecule has 0 aromatic carbocycles. The number of aromatic amines is 1. The van der Waals surface area contributed by atoms with Gasteiger partial charge in [0.2, 0.25) is 0 Å². The minimum absolute atomic E-state index is 0.382. The number of nitrogens with one attached hydrogen (secondary N) is 2. The Balaban J connectivity index is 1.92. The van der Waals surface area contributed by atoms with Gasteiger partial charge >= 0.3 is 11.8 Å². The average Bonchev–Trinajstić information content (AvgIpc) is 2.77. The number of H-pyrrole nitrogens is 1. The van der Waals surface area contributed by atoms with Crippen molar-refractivity contribution in [2.45, 2.75) is 13.0 Å². The molecule has 19 heavy (non-hydrogen) atoms. The molecule has 1 saturated heterocycles. The fraction of sp³-hybridized carbons (Fsp3) is 0.583. The Kier molecular flexibility index (Phi) is 4.51. The molecule has 1 aromatic rings. The Morgan fingerprint density at radius 2 is 2.26 bits per heavy atom. The summed E-state index contributed by atoms with van der Waals surface area (Å²) in [6.07, 6.45) is 4.23. The van der Waals surface area contributed by atoms with Crippen molar-refractivity contribution in [1.29, 1.82) is 0 Å². The highest BCUT2D eigenvalue weighted by Crippen LogP contribution is 2.03. The van der Waals surface area contributed by atoms with E-state index in [9.17, 15) is 9.59 Å².